The van der Waals surface area contributed by atoms with Crippen LogP contribution in [-0.2, 0) is 6.18 Å². The first-order valence-electron chi connectivity index (χ1n) is 10.5. The van der Waals surface area contributed by atoms with E-state index in [2.05, 4.69) is 9.97 Å². The molecule has 0 unspecified atom stereocenters. The number of carbonyl (C=O) groups is 1. The van der Waals surface area contributed by atoms with Crippen LogP contribution in [0.3, 0.4) is 0 Å². The molecule has 0 saturated carbocycles. The SMILES string of the molecule is Cc1ccc(C(=O)O)c(-c2ccc(N3CCC(Oc4ccccc4C(F)(F)F)CC3)nc2)n1. The van der Waals surface area contributed by atoms with Crippen molar-refractivity contribution in [2.75, 3.05) is 18.0 Å². The number of carboxylic acid groups (broad SMARTS) is 1. The third-order valence-electron chi connectivity index (χ3n) is 5.54. The maximum absolute atomic E-state index is 13.2. The van der Waals surface area contributed by atoms with Crippen molar-refractivity contribution in [1.29, 1.82) is 0 Å². The number of benzene rings is 1. The molecule has 1 aliphatic heterocycles. The Hall–Kier alpha value is -3.62. The first kappa shape index (κ1) is 22.6. The molecule has 0 atom stereocenters. The fourth-order valence-corrected chi connectivity index (χ4v) is 3.85. The van der Waals surface area contributed by atoms with Crippen LogP contribution >= 0.6 is 0 Å². The quantitative estimate of drug-likeness (QED) is 0.567. The van der Waals surface area contributed by atoms with Gasteiger partial charge in [-0.2, -0.15) is 13.2 Å². The van der Waals surface area contributed by atoms with E-state index in [1.165, 1.54) is 24.3 Å². The van der Waals surface area contributed by atoms with Crippen molar-refractivity contribution < 1.29 is 27.8 Å². The lowest BCUT2D eigenvalue weighted by atomic mass is 10.1. The van der Waals surface area contributed by atoms with E-state index in [1.807, 2.05) is 4.90 Å². The Kier molecular flexibility index (Phi) is 6.22. The second kappa shape index (κ2) is 9.09. The van der Waals surface area contributed by atoms with Crippen LogP contribution in [0.1, 0.15) is 34.5 Å². The van der Waals surface area contributed by atoms with Gasteiger partial charge in [0.1, 0.15) is 17.7 Å². The summed E-state index contributed by atoms with van der Waals surface area (Å²) < 4.78 is 45.3. The number of hydrogen-bond acceptors (Lipinski definition) is 5. The summed E-state index contributed by atoms with van der Waals surface area (Å²) in [6, 6.07) is 12.0. The van der Waals surface area contributed by atoms with Crippen molar-refractivity contribution in [3.63, 3.8) is 0 Å². The summed E-state index contributed by atoms with van der Waals surface area (Å²) in [5.74, 6) is -0.501. The summed E-state index contributed by atoms with van der Waals surface area (Å²) in [4.78, 5) is 22.4. The molecule has 1 aromatic carbocycles. The molecule has 33 heavy (non-hydrogen) atoms. The molecule has 1 fully saturated rings. The number of nitrogens with zero attached hydrogens (tertiary/aromatic N) is 3. The van der Waals surface area contributed by atoms with Gasteiger partial charge in [0, 0.05) is 43.4 Å². The molecule has 3 aromatic rings. The fraction of sp³-hybridized carbons (Fsp3) is 0.292. The lowest BCUT2D eigenvalue weighted by molar-refractivity contribution is -0.139. The van der Waals surface area contributed by atoms with Crippen molar-refractivity contribution >= 4 is 11.8 Å². The average Bonchev–Trinajstić information content (AvgIpc) is 2.79. The predicted octanol–water partition coefficient (Wildman–Crippen LogP) is 5.22. The number of rotatable bonds is 5. The molecule has 0 aliphatic carbocycles. The number of ether oxygens (including phenoxy) is 1. The molecule has 1 aliphatic rings. The highest BCUT2D eigenvalue weighted by Gasteiger charge is 2.35. The molecule has 3 heterocycles. The molecular formula is C24H22F3N3O3. The van der Waals surface area contributed by atoms with Crippen LogP contribution in [0.25, 0.3) is 11.3 Å². The number of aromatic nitrogens is 2. The smallest absolute Gasteiger partial charge is 0.419 e. The topological polar surface area (TPSA) is 75.5 Å². The molecule has 6 nitrogen and oxygen atoms in total. The minimum absolute atomic E-state index is 0.104. The van der Waals surface area contributed by atoms with E-state index in [0.717, 1.165) is 6.07 Å². The number of carboxylic acids is 1. The molecule has 4 rings (SSSR count). The maximum Gasteiger partial charge on any atom is 0.419 e. The van der Waals surface area contributed by atoms with E-state index in [4.69, 9.17) is 4.74 Å². The van der Waals surface area contributed by atoms with E-state index < -0.39 is 17.7 Å². The summed E-state index contributed by atoms with van der Waals surface area (Å²) in [6.45, 7) is 2.94. The van der Waals surface area contributed by atoms with Gasteiger partial charge in [-0.25, -0.2) is 9.78 Å². The number of aryl methyl sites for hydroxylation is 1. The third-order valence-corrected chi connectivity index (χ3v) is 5.54. The standard InChI is InChI=1S/C24H22F3N3O3/c1-15-6-8-18(23(31)32)22(29-15)16-7-9-21(28-14-16)30-12-10-17(11-13-30)33-20-5-3-2-4-19(20)24(25,26)27/h2-9,14,17H,10-13H2,1H3,(H,31,32). The summed E-state index contributed by atoms with van der Waals surface area (Å²) in [6.07, 6.45) is -2.09. The largest absolute Gasteiger partial charge is 0.490 e. The van der Waals surface area contributed by atoms with Crippen LogP contribution in [0.4, 0.5) is 19.0 Å². The molecule has 9 heteroatoms. The van der Waals surface area contributed by atoms with Crippen LogP contribution in [0.2, 0.25) is 0 Å². The zero-order chi connectivity index (χ0) is 23.6. The second-order valence-electron chi connectivity index (χ2n) is 7.86. The zero-order valence-electron chi connectivity index (χ0n) is 17.8. The van der Waals surface area contributed by atoms with Gasteiger partial charge in [-0.1, -0.05) is 12.1 Å². The van der Waals surface area contributed by atoms with E-state index in [1.54, 1.807) is 31.3 Å². The summed E-state index contributed by atoms with van der Waals surface area (Å²) in [5, 5.41) is 9.43. The Balaban J connectivity index is 1.43. The molecule has 1 N–H and O–H groups in total. The Morgan fingerprint density at radius 1 is 1.09 bits per heavy atom. The highest BCUT2D eigenvalue weighted by Crippen LogP contribution is 2.37. The zero-order valence-corrected chi connectivity index (χ0v) is 17.8. The third kappa shape index (κ3) is 5.08. The average molecular weight is 457 g/mol. The molecule has 1 saturated heterocycles. The van der Waals surface area contributed by atoms with Crippen LogP contribution < -0.4 is 9.64 Å². The van der Waals surface area contributed by atoms with Crippen molar-refractivity contribution in [2.24, 2.45) is 0 Å². The maximum atomic E-state index is 13.2. The molecule has 0 amide bonds. The number of piperidine rings is 1. The highest BCUT2D eigenvalue weighted by atomic mass is 19.4. The van der Waals surface area contributed by atoms with Gasteiger partial charge >= 0.3 is 12.1 Å². The van der Waals surface area contributed by atoms with Gasteiger partial charge in [0.25, 0.3) is 0 Å². The number of alkyl halides is 3. The van der Waals surface area contributed by atoms with Gasteiger partial charge in [-0.05, 0) is 43.3 Å². The fourth-order valence-electron chi connectivity index (χ4n) is 3.85. The van der Waals surface area contributed by atoms with E-state index >= 15 is 0 Å². The van der Waals surface area contributed by atoms with E-state index in [0.29, 0.717) is 48.7 Å². The molecule has 0 radical (unpaired) electrons. The first-order chi connectivity index (χ1) is 15.7. The van der Waals surface area contributed by atoms with Crippen molar-refractivity contribution in [3.05, 3.63) is 71.5 Å². The van der Waals surface area contributed by atoms with Crippen LogP contribution in [-0.4, -0.2) is 40.2 Å². The summed E-state index contributed by atoms with van der Waals surface area (Å²) in [7, 11) is 0. The van der Waals surface area contributed by atoms with Crippen LogP contribution in [0, 0.1) is 6.92 Å². The van der Waals surface area contributed by atoms with Gasteiger partial charge in [0.05, 0.1) is 16.8 Å². The van der Waals surface area contributed by atoms with Gasteiger partial charge < -0.3 is 14.7 Å². The minimum atomic E-state index is -4.46. The molecule has 0 spiro atoms. The van der Waals surface area contributed by atoms with Gasteiger partial charge in [-0.3, -0.25) is 4.98 Å². The predicted molar refractivity (Wildman–Crippen MR) is 116 cm³/mol. The monoisotopic (exact) mass is 457 g/mol. The number of anilines is 1. The molecular weight excluding hydrogens is 435 g/mol. The molecule has 2 aromatic heterocycles. The molecule has 0 bridgehead atoms. The lowest BCUT2D eigenvalue weighted by Crippen LogP contribution is -2.38. The normalized spacial score (nSPS) is 14.8. The highest BCUT2D eigenvalue weighted by molar-refractivity contribution is 5.94. The number of para-hydroxylation sites is 1. The minimum Gasteiger partial charge on any atom is -0.490 e. The lowest BCUT2D eigenvalue weighted by Gasteiger charge is -2.33. The van der Waals surface area contributed by atoms with Gasteiger partial charge in [0.2, 0.25) is 0 Å². The first-order valence-corrected chi connectivity index (χ1v) is 10.5. The van der Waals surface area contributed by atoms with Gasteiger partial charge in [-0.15, -0.1) is 0 Å². The Labute approximate surface area is 188 Å². The number of halogens is 3. The number of aromatic carboxylic acids is 1. The van der Waals surface area contributed by atoms with E-state index in [-0.39, 0.29) is 17.4 Å². The Morgan fingerprint density at radius 2 is 1.82 bits per heavy atom. The Bertz CT molecular complexity index is 1140. The summed E-state index contributed by atoms with van der Waals surface area (Å²) >= 11 is 0. The second-order valence-corrected chi connectivity index (χ2v) is 7.86. The van der Waals surface area contributed by atoms with E-state index in [9.17, 15) is 23.1 Å². The number of pyridine rings is 2. The number of hydrogen-bond donors (Lipinski definition) is 1. The van der Waals surface area contributed by atoms with Crippen LogP contribution in [0.15, 0.2) is 54.7 Å². The van der Waals surface area contributed by atoms with Crippen molar-refractivity contribution in [3.8, 4) is 17.0 Å². The van der Waals surface area contributed by atoms with Crippen molar-refractivity contribution in [2.45, 2.75) is 32.0 Å². The summed E-state index contributed by atoms with van der Waals surface area (Å²) in [5.41, 5.74) is 0.995. The molecule has 172 valence electrons. The van der Waals surface area contributed by atoms with Gasteiger partial charge in [0.15, 0.2) is 0 Å². The van der Waals surface area contributed by atoms with Crippen LogP contribution in [0.5, 0.6) is 5.75 Å². The Morgan fingerprint density at radius 3 is 2.45 bits per heavy atom. The van der Waals surface area contributed by atoms with Crippen molar-refractivity contribution in [1.82, 2.24) is 9.97 Å².